The predicted molar refractivity (Wildman–Crippen MR) is 106 cm³/mol. The van der Waals surface area contributed by atoms with Gasteiger partial charge < -0.3 is 14.9 Å². The Balaban J connectivity index is 1.53. The summed E-state index contributed by atoms with van der Waals surface area (Å²) in [7, 11) is 1.64. The van der Waals surface area contributed by atoms with E-state index in [1.165, 1.54) is 15.7 Å². The summed E-state index contributed by atoms with van der Waals surface area (Å²) in [6.07, 6.45) is 2.53. The average Bonchev–Trinajstić information content (AvgIpc) is 2.73. The van der Waals surface area contributed by atoms with E-state index in [0.717, 1.165) is 37.3 Å². The molecule has 0 spiro atoms. The van der Waals surface area contributed by atoms with Crippen molar-refractivity contribution in [2.45, 2.75) is 18.9 Å². The monoisotopic (exact) mass is 362 g/mol. The molecule has 0 unspecified atom stereocenters. The van der Waals surface area contributed by atoms with E-state index in [2.05, 4.69) is 40.2 Å². The summed E-state index contributed by atoms with van der Waals surface area (Å²) < 4.78 is 0. The lowest BCUT2D eigenvalue weighted by Crippen LogP contribution is -2.45. The molecule has 0 atom stereocenters. The van der Waals surface area contributed by atoms with Crippen LogP contribution in [0.3, 0.4) is 0 Å². The molecular formula is C21H22N4O2. The standard InChI is InChI=1S/C21H22N4O2/c1-24(21(26)27)18-9-12-25(13-10-18)19-8-11-22-20(23-19)17-7-6-15-4-2-3-5-16(15)14-17/h2-8,11,14,18H,9-10,12-13H2,1H3,(H,26,27). The van der Waals surface area contributed by atoms with Gasteiger partial charge in [-0.15, -0.1) is 0 Å². The van der Waals surface area contributed by atoms with Crippen LogP contribution in [0.15, 0.2) is 54.7 Å². The number of carboxylic acid groups (broad SMARTS) is 1. The lowest BCUT2D eigenvalue weighted by Gasteiger charge is -2.36. The number of nitrogens with zero attached hydrogens (tertiary/aromatic N) is 4. The molecule has 4 rings (SSSR count). The number of rotatable bonds is 3. The second-order valence-corrected chi connectivity index (χ2v) is 6.91. The maximum atomic E-state index is 11.1. The first-order chi connectivity index (χ1) is 13.1. The molecule has 1 aliphatic heterocycles. The minimum absolute atomic E-state index is 0.0699. The van der Waals surface area contributed by atoms with E-state index in [-0.39, 0.29) is 6.04 Å². The van der Waals surface area contributed by atoms with Gasteiger partial charge in [0.25, 0.3) is 0 Å². The number of aromatic nitrogens is 2. The zero-order chi connectivity index (χ0) is 18.8. The Bertz CT molecular complexity index is 967. The Labute approximate surface area is 158 Å². The summed E-state index contributed by atoms with van der Waals surface area (Å²) in [5.74, 6) is 1.60. The van der Waals surface area contributed by atoms with Gasteiger partial charge in [-0.25, -0.2) is 14.8 Å². The van der Waals surface area contributed by atoms with E-state index in [1.807, 2.05) is 18.2 Å². The molecule has 138 valence electrons. The maximum absolute atomic E-state index is 11.1. The molecule has 27 heavy (non-hydrogen) atoms. The molecule has 1 amide bonds. The molecule has 3 aromatic rings. The van der Waals surface area contributed by atoms with Crippen molar-refractivity contribution in [1.82, 2.24) is 14.9 Å². The summed E-state index contributed by atoms with van der Waals surface area (Å²) in [5.41, 5.74) is 0.996. The number of carbonyl (C=O) groups is 1. The molecule has 2 heterocycles. The van der Waals surface area contributed by atoms with E-state index in [4.69, 9.17) is 10.1 Å². The number of anilines is 1. The van der Waals surface area contributed by atoms with Crippen LogP contribution in [0.5, 0.6) is 0 Å². The molecule has 0 bridgehead atoms. The lowest BCUT2D eigenvalue weighted by molar-refractivity contribution is 0.131. The minimum Gasteiger partial charge on any atom is -0.465 e. The first-order valence-corrected chi connectivity index (χ1v) is 9.15. The van der Waals surface area contributed by atoms with Gasteiger partial charge in [-0.1, -0.05) is 36.4 Å². The average molecular weight is 362 g/mol. The van der Waals surface area contributed by atoms with Gasteiger partial charge in [0, 0.05) is 37.9 Å². The first-order valence-electron chi connectivity index (χ1n) is 9.15. The number of benzene rings is 2. The third-order valence-corrected chi connectivity index (χ3v) is 5.29. The second-order valence-electron chi connectivity index (χ2n) is 6.91. The Morgan fingerprint density at radius 1 is 1.11 bits per heavy atom. The highest BCUT2D eigenvalue weighted by Crippen LogP contribution is 2.25. The van der Waals surface area contributed by atoms with E-state index >= 15 is 0 Å². The van der Waals surface area contributed by atoms with Gasteiger partial charge in [0.1, 0.15) is 5.82 Å². The van der Waals surface area contributed by atoms with E-state index in [9.17, 15) is 4.79 Å². The Morgan fingerprint density at radius 2 is 1.85 bits per heavy atom. The predicted octanol–water partition coefficient (Wildman–Crippen LogP) is 3.88. The number of hydrogen-bond donors (Lipinski definition) is 1. The summed E-state index contributed by atoms with van der Waals surface area (Å²) >= 11 is 0. The van der Waals surface area contributed by atoms with Crippen molar-refractivity contribution in [2.75, 3.05) is 25.0 Å². The maximum Gasteiger partial charge on any atom is 0.407 e. The smallest absolute Gasteiger partial charge is 0.407 e. The molecule has 0 radical (unpaired) electrons. The summed E-state index contributed by atoms with van der Waals surface area (Å²) in [6.45, 7) is 1.58. The van der Waals surface area contributed by atoms with Gasteiger partial charge in [0.15, 0.2) is 5.82 Å². The van der Waals surface area contributed by atoms with Crippen molar-refractivity contribution in [3.05, 3.63) is 54.7 Å². The van der Waals surface area contributed by atoms with Crippen molar-refractivity contribution >= 4 is 22.7 Å². The van der Waals surface area contributed by atoms with Gasteiger partial charge in [-0.2, -0.15) is 0 Å². The van der Waals surface area contributed by atoms with E-state index in [1.54, 1.807) is 13.2 Å². The van der Waals surface area contributed by atoms with Gasteiger partial charge in [-0.3, -0.25) is 0 Å². The van der Waals surface area contributed by atoms with Crippen LogP contribution < -0.4 is 4.90 Å². The van der Waals surface area contributed by atoms with E-state index < -0.39 is 6.09 Å². The van der Waals surface area contributed by atoms with Crippen LogP contribution in [0.25, 0.3) is 22.2 Å². The highest BCUT2D eigenvalue weighted by Gasteiger charge is 2.25. The number of fused-ring (bicyclic) bond motifs is 1. The normalized spacial score (nSPS) is 15.1. The molecule has 2 aromatic carbocycles. The largest absolute Gasteiger partial charge is 0.465 e. The Hall–Kier alpha value is -3.15. The highest BCUT2D eigenvalue weighted by atomic mass is 16.4. The third-order valence-electron chi connectivity index (χ3n) is 5.29. The molecule has 6 nitrogen and oxygen atoms in total. The van der Waals surface area contributed by atoms with Crippen molar-refractivity contribution in [1.29, 1.82) is 0 Å². The minimum atomic E-state index is -0.867. The van der Waals surface area contributed by atoms with Crippen LogP contribution in [-0.2, 0) is 0 Å². The zero-order valence-electron chi connectivity index (χ0n) is 15.2. The molecule has 1 saturated heterocycles. The van der Waals surface area contributed by atoms with Crippen molar-refractivity contribution in [3.63, 3.8) is 0 Å². The molecule has 6 heteroatoms. The number of amides is 1. The van der Waals surface area contributed by atoms with Crippen molar-refractivity contribution < 1.29 is 9.90 Å². The van der Waals surface area contributed by atoms with Crippen LogP contribution in [0.2, 0.25) is 0 Å². The van der Waals surface area contributed by atoms with Crippen LogP contribution in [0.4, 0.5) is 10.6 Å². The summed E-state index contributed by atoms with van der Waals surface area (Å²) in [4.78, 5) is 24.0. The lowest BCUT2D eigenvalue weighted by atomic mass is 10.0. The highest BCUT2D eigenvalue weighted by molar-refractivity contribution is 5.86. The molecule has 1 aromatic heterocycles. The Kier molecular flexibility index (Phi) is 4.62. The van der Waals surface area contributed by atoms with Crippen LogP contribution in [-0.4, -0.2) is 52.2 Å². The fourth-order valence-electron chi connectivity index (χ4n) is 3.63. The van der Waals surface area contributed by atoms with E-state index in [0.29, 0.717) is 5.82 Å². The van der Waals surface area contributed by atoms with Crippen LogP contribution in [0, 0.1) is 0 Å². The van der Waals surface area contributed by atoms with Crippen LogP contribution in [0.1, 0.15) is 12.8 Å². The molecule has 1 fully saturated rings. The second kappa shape index (κ2) is 7.23. The van der Waals surface area contributed by atoms with Gasteiger partial charge in [-0.05, 0) is 35.7 Å². The summed E-state index contributed by atoms with van der Waals surface area (Å²) in [5, 5.41) is 11.5. The summed E-state index contributed by atoms with van der Waals surface area (Å²) in [6, 6.07) is 16.5. The van der Waals surface area contributed by atoms with Crippen molar-refractivity contribution in [3.8, 4) is 11.4 Å². The van der Waals surface area contributed by atoms with Gasteiger partial charge in [0.2, 0.25) is 0 Å². The first kappa shape index (κ1) is 17.3. The third kappa shape index (κ3) is 3.56. The molecular weight excluding hydrogens is 340 g/mol. The number of hydrogen-bond acceptors (Lipinski definition) is 4. The topological polar surface area (TPSA) is 69.6 Å². The fraction of sp³-hybridized carbons (Fsp3) is 0.286. The van der Waals surface area contributed by atoms with Gasteiger partial charge >= 0.3 is 6.09 Å². The van der Waals surface area contributed by atoms with Crippen LogP contribution >= 0.6 is 0 Å². The Morgan fingerprint density at radius 3 is 2.59 bits per heavy atom. The quantitative estimate of drug-likeness (QED) is 0.766. The van der Waals surface area contributed by atoms with Crippen molar-refractivity contribution in [2.24, 2.45) is 0 Å². The number of piperidine rings is 1. The molecule has 0 aliphatic carbocycles. The SMILES string of the molecule is CN(C(=O)O)C1CCN(c2ccnc(-c3ccc4ccccc4c3)n2)CC1. The van der Waals surface area contributed by atoms with Gasteiger partial charge in [0.05, 0.1) is 0 Å². The molecule has 0 saturated carbocycles. The zero-order valence-corrected chi connectivity index (χ0v) is 15.2. The fourth-order valence-corrected chi connectivity index (χ4v) is 3.63. The molecule has 1 N–H and O–H groups in total. The molecule has 1 aliphatic rings.